The van der Waals surface area contributed by atoms with Gasteiger partial charge in [-0.05, 0) is 12.1 Å². The molecule has 0 aliphatic carbocycles. The second-order valence-corrected chi connectivity index (χ2v) is 3.06. The first-order valence-corrected chi connectivity index (χ1v) is 4.51. The molecule has 76 valence electrons. The minimum absolute atomic E-state index is 0.145. The van der Waals surface area contributed by atoms with Crippen LogP contribution < -0.4 is 16.4 Å². The molecule has 0 bridgehead atoms. The molecule has 0 unspecified atom stereocenters. The van der Waals surface area contributed by atoms with Crippen LogP contribution in [0.4, 0.5) is 5.69 Å². The first-order chi connectivity index (χ1) is 6.70. The van der Waals surface area contributed by atoms with Gasteiger partial charge in [-0.1, -0.05) is 18.2 Å². The summed E-state index contributed by atoms with van der Waals surface area (Å²) in [7, 11) is 2.01. The van der Waals surface area contributed by atoms with Crippen molar-refractivity contribution in [1.29, 1.82) is 0 Å². The molecule has 0 amide bonds. The van der Waals surface area contributed by atoms with Crippen LogP contribution in [0.3, 0.4) is 0 Å². The minimum Gasteiger partial charge on any atom is -0.373 e. The van der Waals surface area contributed by atoms with Crippen LogP contribution in [0.15, 0.2) is 35.3 Å². The third-order valence-electron chi connectivity index (χ3n) is 1.93. The third-order valence-corrected chi connectivity index (χ3v) is 1.93. The van der Waals surface area contributed by atoms with E-state index in [-0.39, 0.29) is 5.96 Å². The number of anilines is 1. The summed E-state index contributed by atoms with van der Waals surface area (Å²) in [6, 6.07) is 10.1. The van der Waals surface area contributed by atoms with E-state index in [4.69, 9.17) is 11.5 Å². The van der Waals surface area contributed by atoms with Crippen LogP contribution in [0.25, 0.3) is 0 Å². The molecule has 0 atom stereocenters. The van der Waals surface area contributed by atoms with Gasteiger partial charge in [0.25, 0.3) is 0 Å². The Morgan fingerprint density at radius 3 is 2.50 bits per heavy atom. The highest BCUT2D eigenvalue weighted by atomic mass is 15.1. The van der Waals surface area contributed by atoms with Gasteiger partial charge in [0.15, 0.2) is 5.96 Å². The average molecular weight is 192 g/mol. The van der Waals surface area contributed by atoms with Crippen LogP contribution in [0.2, 0.25) is 0 Å². The first-order valence-electron chi connectivity index (χ1n) is 4.51. The van der Waals surface area contributed by atoms with E-state index in [1.165, 1.54) is 5.69 Å². The van der Waals surface area contributed by atoms with Gasteiger partial charge < -0.3 is 16.4 Å². The molecule has 0 aromatic heterocycles. The maximum Gasteiger partial charge on any atom is 0.185 e. The molecule has 4 heteroatoms. The van der Waals surface area contributed by atoms with Crippen molar-refractivity contribution in [3.63, 3.8) is 0 Å². The Hall–Kier alpha value is -1.71. The molecule has 0 radical (unpaired) electrons. The van der Waals surface area contributed by atoms with Crippen molar-refractivity contribution >= 4 is 11.6 Å². The minimum atomic E-state index is 0.145. The van der Waals surface area contributed by atoms with Crippen molar-refractivity contribution in [3.8, 4) is 0 Å². The summed E-state index contributed by atoms with van der Waals surface area (Å²) in [6.07, 6.45) is 0. The molecule has 14 heavy (non-hydrogen) atoms. The van der Waals surface area contributed by atoms with Crippen molar-refractivity contribution in [2.75, 3.05) is 25.0 Å². The van der Waals surface area contributed by atoms with Crippen molar-refractivity contribution in [2.45, 2.75) is 0 Å². The summed E-state index contributed by atoms with van der Waals surface area (Å²) in [4.78, 5) is 6.02. The van der Waals surface area contributed by atoms with Gasteiger partial charge in [0, 0.05) is 19.3 Å². The number of benzene rings is 1. The molecule has 4 N–H and O–H groups in total. The lowest BCUT2D eigenvalue weighted by atomic mass is 10.3. The number of likely N-dealkylation sites (N-methyl/N-ethyl adjacent to an activating group) is 1. The summed E-state index contributed by atoms with van der Waals surface area (Å²) in [6.45, 7) is 1.43. The predicted molar refractivity (Wildman–Crippen MR) is 60.4 cm³/mol. The van der Waals surface area contributed by atoms with Crippen LogP contribution in [-0.2, 0) is 0 Å². The largest absolute Gasteiger partial charge is 0.373 e. The lowest BCUT2D eigenvalue weighted by Crippen LogP contribution is -2.26. The quantitative estimate of drug-likeness (QED) is 0.536. The van der Waals surface area contributed by atoms with E-state index in [1.807, 2.05) is 25.2 Å². The molecule has 0 aliphatic heterocycles. The lowest BCUT2D eigenvalue weighted by Gasteiger charge is -2.17. The number of para-hydroxylation sites is 1. The topological polar surface area (TPSA) is 67.6 Å². The molecular formula is C10H16N4. The zero-order valence-electron chi connectivity index (χ0n) is 8.35. The summed E-state index contributed by atoms with van der Waals surface area (Å²) in [5, 5.41) is 0. The van der Waals surface area contributed by atoms with E-state index < -0.39 is 0 Å². The fourth-order valence-corrected chi connectivity index (χ4v) is 1.14. The summed E-state index contributed by atoms with van der Waals surface area (Å²) in [5.41, 5.74) is 11.6. The number of nitrogens with zero attached hydrogens (tertiary/aromatic N) is 2. The van der Waals surface area contributed by atoms with Gasteiger partial charge in [-0.3, -0.25) is 4.99 Å². The highest BCUT2D eigenvalue weighted by molar-refractivity contribution is 5.75. The van der Waals surface area contributed by atoms with Crippen LogP contribution in [-0.4, -0.2) is 26.1 Å². The van der Waals surface area contributed by atoms with E-state index in [0.717, 1.165) is 6.54 Å². The summed E-state index contributed by atoms with van der Waals surface area (Å²) < 4.78 is 0. The second kappa shape index (κ2) is 5.11. The van der Waals surface area contributed by atoms with Gasteiger partial charge in [0.2, 0.25) is 0 Å². The number of hydrogen-bond donors (Lipinski definition) is 2. The van der Waals surface area contributed by atoms with Crippen LogP contribution in [0, 0.1) is 0 Å². The van der Waals surface area contributed by atoms with E-state index in [2.05, 4.69) is 22.0 Å². The van der Waals surface area contributed by atoms with Crippen molar-refractivity contribution in [3.05, 3.63) is 30.3 Å². The van der Waals surface area contributed by atoms with Crippen LogP contribution in [0.5, 0.6) is 0 Å². The molecule has 1 aromatic rings. The van der Waals surface area contributed by atoms with Crippen molar-refractivity contribution in [1.82, 2.24) is 0 Å². The van der Waals surface area contributed by atoms with E-state index >= 15 is 0 Å². The number of nitrogens with two attached hydrogens (primary N) is 2. The Bertz CT molecular complexity index is 290. The molecule has 0 aliphatic rings. The maximum absolute atomic E-state index is 5.23. The predicted octanol–water partition coefficient (Wildman–Crippen LogP) is 0.396. The fraction of sp³-hybridized carbons (Fsp3) is 0.300. The van der Waals surface area contributed by atoms with E-state index in [9.17, 15) is 0 Å². The number of hydrogen-bond acceptors (Lipinski definition) is 2. The molecule has 0 saturated carbocycles. The van der Waals surface area contributed by atoms with Gasteiger partial charge in [0.1, 0.15) is 0 Å². The van der Waals surface area contributed by atoms with Gasteiger partial charge in [-0.15, -0.1) is 0 Å². The molecule has 0 fully saturated rings. The standard InChI is InChI=1S/C10H16N4/c1-14(8-7-13-10(11)12)9-5-3-2-4-6-9/h2-6H,7-8H2,1H3,(H4,11,12,13). The molecule has 1 aromatic carbocycles. The lowest BCUT2D eigenvalue weighted by molar-refractivity contribution is 0.883. The third kappa shape index (κ3) is 3.35. The van der Waals surface area contributed by atoms with Gasteiger partial charge in [-0.25, -0.2) is 0 Å². The zero-order valence-corrected chi connectivity index (χ0v) is 8.35. The Morgan fingerprint density at radius 2 is 1.93 bits per heavy atom. The monoisotopic (exact) mass is 192 g/mol. The first kappa shape index (κ1) is 10.4. The Labute approximate surface area is 84.2 Å². The van der Waals surface area contributed by atoms with Crippen LogP contribution in [0.1, 0.15) is 0 Å². The number of rotatable bonds is 4. The second-order valence-electron chi connectivity index (χ2n) is 3.06. The zero-order chi connectivity index (χ0) is 10.4. The molecule has 0 heterocycles. The van der Waals surface area contributed by atoms with E-state index in [1.54, 1.807) is 0 Å². The average Bonchev–Trinajstić information content (AvgIpc) is 2.18. The maximum atomic E-state index is 5.23. The normalized spacial score (nSPS) is 9.50. The number of guanidine groups is 1. The SMILES string of the molecule is CN(CCN=C(N)N)c1ccccc1. The van der Waals surface area contributed by atoms with Gasteiger partial charge >= 0.3 is 0 Å². The van der Waals surface area contributed by atoms with Crippen LogP contribution >= 0.6 is 0 Å². The van der Waals surface area contributed by atoms with Crippen molar-refractivity contribution in [2.24, 2.45) is 16.5 Å². The Balaban J connectivity index is 2.43. The Morgan fingerprint density at radius 1 is 1.29 bits per heavy atom. The van der Waals surface area contributed by atoms with Crippen molar-refractivity contribution < 1.29 is 0 Å². The molecular weight excluding hydrogens is 176 g/mol. The molecule has 1 rings (SSSR count). The van der Waals surface area contributed by atoms with Gasteiger partial charge in [0.05, 0.1) is 6.54 Å². The molecule has 0 saturated heterocycles. The summed E-state index contributed by atoms with van der Waals surface area (Å²) in [5.74, 6) is 0.145. The molecule has 0 spiro atoms. The highest BCUT2D eigenvalue weighted by Gasteiger charge is 1.97. The molecule has 4 nitrogen and oxygen atoms in total. The van der Waals surface area contributed by atoms with E-state index in [0.29, 0.717) is 6.54 Å². The smallest absolute Gasteiger partial charge is 0.185 e. The Kier molecular flexibility index (Phi) is 3.79. The fourth-order valence-electron chi connectivity index (χ4n) is 1.14. The highest BCUT2D eigenvalue weighted by Crippen LogP contribution is 2.09. The number of aliphatic imine (C=N–C) groups is 1. The van der Waals surface area contributed by atoms with Gasteiger partial charge in [-0.2, -0.15) is 0 Å². The summed E-state index contributed by atoms with van der Waals surface area (Å²) >= 11 is 0.